The number of hydrogen-bond donors (Lipinski definition) is 1. The highest BCUT2D eigenvalue weighted by Gasteiger charge is 2.33. The van der Waals surface area contributed by atoms with Crippen molar-refractivity contribution in [3.05, 3.63) is 57.3 Å². The Bertz CT molecular complexity index is 765. The number of nitrogens with one attached hydrogen (secondary N) is 1. The molecule has 24 heavy (non-hydrogen) atoms. The molecule has 0 saturated heterocycles. The van der Waals surface area contributed by atoms with Crippen molar-refractivity contribution >= 4 is 17.4 Å². The minimum Gasteiger partial charge on any atom is -0.331 e. The van der Waals surface area contributed by atoms with E-state index in [1.807, 2.05) is 4.90 Å². The van der Waals surface area contributed by atoms with Gasteiger partial charge in [-0.05, 0) is 52.8 Å². The number of nitrogens with zero attached hydrogens (tertiary/aromatic N) is 1. The zero-order chi connectivity index (χ0) is 16.7. The van der Waals surface area contributed by atoms with Gasteiger partial charge in [0.25, 0.3) is 0 Å². The third-order valence-corrected chi connectivity index (χ3v) is 6.54. The lowest BCUT2D eigenvalue weighted by atomic mass is 9.71. The van der Waals surface area contributed by atoms with Crippen molar-refractivity contribution in [2.75, 3.05) is 6.54 Å². The van der Waals surface area contributed by atoms with Crippen LogP contribution in [0.25, 0.3) is 0 Å². The Balaban J connectivity index is 1.51. The van der Waals surface area contributed by atoms with Gasteiger partial charge in [0.2, 0.25) is 0 Å². The van der Waals surface area contributed by atoms with Gasteiger partial charge in [-0.2, -0.15) is 0 Å². The molecule has 126 valence electrons. The summed E-state index contributed by atoms with van der Waals surface area (Å²) in [5, 5.41) is 5.43. The number of benzene rings is 1. The van der Waals surface area contributed by atoms with Gasteiger partial charge in [0.15, 0.2) is 0 Å². The lowest BCUT2D eigenvalue weighted by molar-refractivity contribution is 0.186. The average Bonchev–Trinajstić information content (AvgIpc) is 3.05. The van der Waals surface area contributed by atoms with Crippen LogP contribution in [0.1, 0.15) is 54.3 Å². The smallest absolute Gasteiger partial charge is 0.318 e. The number of fused-ring (bicyclic) bond motifs is 2. The predicted molar refractivity (Wildman–Crippen MR) is 98.4 cm³/mol. The molecule has 1 aliphatic heterocycles. The molecular weight excluding hydrogens is 316 g/mol. The largest absolute Gasteiger partial charge is 0.331 e. The van der Waals surface area contributed by atoms with E-state index in [2.05, 4.69) is 54.9 Å². The maximum absolute atomic E-state index is 12.8. The van der Waals surface area contributed by atoms with Gasteiger partial charge in [0, 0.05) is 18.0 Å². The molecule has 0 spiro atoms. The number of carbonyl (C=O) groups is 1. The first-order valence-corrected chi connectivity index (χ1v) is 9.63. The van der Waals surface area contributed by atoms with Crippen molar-refractivity contribution in [2.45, 2.75) is 51.1 Å². The molecule has 2 aromatic rings. The van der Waals surface area contributed by atoms with Crippen molar-refractivity contribution in [2.24, 2.45) is 0 Å². The van der Waals surface area contributed by atoms with Gasteiger partial charge >= 0.3 is 6.03 Å². The number of thiophene rings is 1. The highest BCUT2D eigenvalue weighted by atomic mass is 32.1. The van der Waals surface area contributed by atoms with E-state index >= 15 is 0 Å². The summed E-state index contributed by atoms with van der Waals surface area (Å²) >= 11 is 1.81. The van der Waals surface area contributed by atoms with Gasteiger partial charge < -0.3 is 10.2 Å². The number of amides is 2. The molecule has 0 unspecified atom stereocenters. The van der Waals surface area contributed by atoms with Crippen LogP contribution in [-0.2, 0) is 18.4 Å². The molecule has 0 bridgehead atoms. The fourth-order valence-corrected chi connectivity index (χ4v) is 4.91. The molecule has 0 radical (unpaired) electrons. The van der Waals surface area contributed by atoms with Crippen LogP contribution < -0.4 is 5.32 Å². The van der Waals surface area contributed by atoms with Crippen LogP contribution >= 0.6 is 11.3 Å². The van der Waals surface area contributed by atoms with E-state index in [9.17, 15) is 4.79 Å². The van der Waals surface area contributed by atoms with E-state index in [0.29, 0.717) is 0 Å². The van der Waals surface area contributed by atoms with Crippen molar-refractivity contribution in [1.29, 1.82) is 0 Å². The normalized spacial score (nSPS) is 21.8. The van der Waals surface area contributed by atoms with E-state index in [4.69, 9.17) is 0 Å². The van der Waals surface area contributed by atoms with E-state index < -0.39 is 0 Å². The van der Waals surface area contributed by atoms with Crippen LogP contribution in [0.3, 0.4) is 0 Å². The fraction of sp³-hybridized carbons (Fsp3) is 0.450. The quantitative estimate of drug-likeness (QED) is 0.806. The first-order valence-electron chi connectivity index (χ1n) is 8.75. The molecule has 1 aliphatic carbocycles. The van der Waals surface area contributed by atoms with E-state index in [1.165, 1.54) is 21.6 Å². The summed E-state index contributed by atoms with van der Waals surface area (Å²) in [4.78, 5) is 16.2. The highest BCUT2D eigenvalue weighted by molar-refractivity contribution is 7.10. The number of urea groups is 1. The number of rotatable bonds is 1. The van der Waals surface area contributed by atoms with Gasteiger partial charge in [0.1, 0.15) is 0 Å². The minimum absolute atomic E-state index is 0.0753. The third kappa shape index (κ3) is 2.73. The lowest BCUT2D eigenvalue weighted by Crippen LogP contribution is -2.45. The molecule has 0 fully saturated rings. The molecule has 1 atom stereocenters. The first-order chi connectivity index (χ1) is 11.5. The summed E-state index contributed by atoms with van der Waals surface area (Å²) in [5.74, 6) is 0. The molecule has 2 amide bonds. The lowest BCUT2D eigenvalue weighted by Gasteiger charge is -2.38. The molecule has 0 saturated carbocycles. The van der Waals surface area contributed by atoms with E-state index in [0.717, 1.165) is 32.4 Å². The number of hydrogen-bond acceptors (Lipinski definition) is 2. The van der Waals surface area contributed by atoms with Crippen molar-refractivity contribution < 1.29 is 4.79 Å². The van der Waals surface area contributed by atoms with Crippen LogP contribution in [0.15, 0.2) is 35.7 Å². The minimum atomic E-state index is 0.0753. The Morgan fingerprint density at radius 1 is 1.29 bits per heavy atom. The van der Waals surface area contributed by atoms with Gasteiger partial charge in [-0.1, -0.05) is 38.1 Å². The maximum atomic E-state index is 12.8. The highest BCUT2D eigenvalue weighted by Crippen LogP contribution is 2.41. The van der Waals surface area contributed by atoms with Crippen molar-refractivity contribution in [3.63, 3.8) is 0 Å². The Morgan fingerprint density at radius 2 is 2.12 bits per heavy atom. The SMILES string of the molecule is CC1(C)CC[C@H](NC(=O)N2CCc3sccc3C2)c2ccccc21. The second-order valence-corrected chi connectivity index (χ2v) is 8.55. The zero-order valence-corrected chi connectivity index (χ0v) is 15.2. The van der Waals surface area contributed by atoms with Crippen LogP contribution in [0.5, 0.6) is 0 Å². The molecule has 4 rings (SSSR count). The molecule has 1 N–H and O–H groups in total. The average molecular weight is 340 g/mol. The van der Waals surface area contributed by atoms with Gasteiger partial charge in [-0.25, -0.2) is 4.79 Å². The fourth-order valence-electron chi connectivity index (χ4n) is 4.02. The molecule has 1 aromatic heterocycles. The summed E-state index contributed by atoms with van der Waals surface area (Å²) in [6, 6.07) is 10.9. The topological polar surface area (TPSA) is 32.3 Å². The Morgan fingerprint density at radius 3 is 3.00 bits per heavy atom. The van der Waals surface area contributed by atoms with E-state index in [1.54, 1.807) is 11.3 Å². The molecule has 4 heteroatoms. The summed E-state index contributed by atoms with van der Waals surface area (Å²) in [6.07, 6.45) is 3.09. The zero-order valence-electron chi connectivity index (χ0n) is 14.3. The number of carbonyl (C=O) groups excluding carboxylic acids is 1. The van der Waals surface area contributed by atoms with E-state index in [-0.39, 0.29) is 17.5 Å². The second kappa shape index (κ2) is 5.92. The first kappa shape index (κ1) is 15.7. The van der Waals surface area contributed by atoms with Crippen LogP contribution in [0.4, 0.5) is 4.79 Å². The van der Waals surface area contributed by atoms with Gasteiger partial charge in [0.05, 0.1) is 6.04 Å². The molecular formula is C20H24N2OS. The third-order valence-electron chi connectivity index (χ3n) is 5.52. The second-order valence-electron chi connectivity index (χ2n) is 7.55. The molecule has 1 aromatic carbocycles. The monoisotopic (exact) mass is 340 g/mol. The van der Waals surface area contributed by atoms with Crippen LogP contribution in [-0.4, -0.2) is 17.5 Å². The standard InChI is InChI=1S/C20H24N2OS/c1-20(2)10-7-17(15-5-3-4-6-16(15)20)21-19(23)22-11-8-18-14(13-22)9-12-24-18/h3-6,9,12,17H,7-8,10-11,13H2,1-2H3,(H,21,23)/t17-/m0/s1. The maximum Gasteiger partial charge on any atom is 0.318 e. The van der Waals surface area contributed by atoms with Crippen molar-refractivity contribution in [3.8, 4) is 0 Å². The van der Waals surface area contributed by atoms with Crippen LogP contribution in [0, 0.1) is 0 Å². The molecule has 2 heterocycles. The Labute approximate surface area is 147 Å². The Hall–Kier alpha value is -1.81. The summed E-state index contributed by atoms with van der Waals surface area (Å²) in [5.41, 5.74) is 4.16. The summed E-state index contributed by atoms with van der Waals surface area (Å²) < 4.78 is 0. The summed E-state index contributed by atoms with van der Waals surface area (Å²) in [7, 11) is 0. The van der Waals surface area contributed by atoms with Crippen molar-refractivity contribution in [1.82, 2.24) is 10.2 Å². The van der Waals surface area contributed by atoms with Gasteiger partial charge in [-0.15, -0.1) is 11.3 Å². The van der Waals surface area contributed by atoms with Gasteiger partial charge in [-0.3, -0.25) is 0 Å². The Kier molecular flexibility index (Phi) is 3.87. The molecule has 3 nitrogen and oxygen atoms in total. The summed E-state index contributed by atoms with van der Waals surface area (Å²) in [6.45, 7) is 6.16. The van der Waals surface area contributed by atoms with Crippen LogP contribution in [0.2, 0.25) is 0 Å². The molecule has 2 aliphatic rings. The predicted octanol–water partition coefficient (Wildman–Crippen LogP) is 4.63.